The van der Waals surface area contributed by atoms with Crippen molar-refractivity contribution >= 4 is 5.91 Å². The standard InChI is InChI=1S/C32H33N3O4/c1-37-31-18-23(9-14-30(31)39-29-19-25-6-2-3-7-26(25)20-29)21-34(22-28-8-4-17-38-28)32(36)24-10-12-27(13-11-24)35-16-5-15-33-35/h2-3,5-7,9-16,18,28-29H,4,8,17,19-22H2,1H3/t28-/m1/s1. The number of carbonyl (C=O) groups excluding carboxylic acids is 1. The third kappa shape index (κ3) is 5.68. The fourth-order valence-corrected chi connectivity index (χ4v) is 5.52. The predicted octanol–water partition coefficient (Wildman–Crippen LogP) is 5.25. The van der Waals surface area contributed by atoms with Crippen molar-refractivity contribution in [2.24, 2.45) is 0 Å². The van der Waals surface area contributed by atoms with E-state index in [2.05, 4.69) is 29.4 Å². The maximum absolute atomic E-state index is 13.7. The van der Waals surface area contributed by atoms with E-state index in [0.29, 0.717) is 24.4 Å². The van der Waals surface area contributed by atoms with Gasteiger partial charge in [-0.15, -0.1) is 0 Å². The van der Waals surface area contributed by atoms with Crippen LogP contribution in [0.25, 0.3) is 5.69 Å². The van der Waals surface area contributed by atoms with Crippen LogP contribution in [0.1, 0.15) is 39.9 Å². The highest BCUT2D eigenvalue weighted by atomic mass is 16.5. The van der Waals surface area contributed by atoms with E-state index in [1.165, 1.54) is 11.1 Å². The topological polar surface area (TPSA) is 65.8 Å². The number of rotatable bonds is 9. The summed E-state index contributed by atoms with van der Waals surface area (Å²) in [5, 5.41) is 4.27. The van der Waals surface area contributed by atoms with Gasteiger partial charge in [0.2, 0.25) is 0 Å². The molecule has 2 aliphatic rings. The summed E-state index contributed by atoms with van der Waals surface area (Å²) in [5.74, 6) is 1.38. The van der Waals surface area contributed by atoms with Crippen molar-refractivity contribution in [1.29, 1.82) is 0 Å². The summed E-state index contributed by atoms with van der Waals surface area (Å²) in [5.41, 5.74) is 5.22. The SMILES string of the molecule is COc1cc(CN(C[C@H]2CCCO2)C(=O)c2ccc(-n3cccn3)cc2)ccc1OC1Cc2ccccc2C1. The first kappa shape index (κ1) is 25.2. The zero-order valence-electron chi connectivity index (χ0n) is 22.2. The van der Waals surface area contributed by atoms with Gasteiger partial charge in [0.1, 0.15) is 6.10 Å². The van der Waals surface area contributed by atoms with E-state index in [1.807, 2.05) is 59.6 Å². The first-order valence-corrected chi connectivity index (χ1v) is 13.6. The van der Waals surface area contributed by atoms with Gasteiger partial charge in [-0.05, 0) is 72.0 Å². The molecule has 6 rings (SSSR count). The molecule has 0 bridgehead atoms. The molecular formula is C32H33N3O4. The fourth-order valence-electron chi connectivity index (χ4n) is 5.52. The van der Waals surface area contributed by atoms with Gasteiger partial charge in [0.25, 0.3) is 5.91 Å². The van der Waals surface area contributed by atoms with Crippen LogP contribution in [-0.2, 0) is 24.1 Å². The second-order valence-corrected chi connectivity index (χ2v) is 10.2. The zero-order valence-corrected chi connectivity index (χ0v) is 22.2. The molecule has 4 aromatic rings. The average Bonchev–Trinajstić information content (AvgIpc) is 3.75. The Morgan fingerprint density at radius 2 is 1.82 bits per heavy atom. The van der Waals surface area contributed by atoms with E-state index < -0.39 is 0 Å². The van der Waals surface area contributed by atoms with Gasteiger partial charge in [-0.2, -0.15) is 5.10 Å². The van der Waals surface area contributed by atoms with Crippen LogP contribution in [0, 0.1) is 0 Å². The molecule has 0 saturated carbocycles. The number of aromatic nitrogens is 2. The molecule has 200 valence electrons. The Labute approximate surface area is 228 Å². The molecule has 1 fully saturated rings. The molecule has 1 amide bonds. The molecule has 1 aromatic heterocycles. The highest BCUT2D eigenvalue weighted by Crippen LogP contribution is 2.33. The minimum Gasteiger partial charge on any atom is -0.493 e. The molecule has 1 aliphatic carbocycles. The van der Waals surface area contributed by atoms with E-state index >= 15 is 0 Å². The first-order valence-electron chi connectivity index (χ1n) is 13.6. The van der Waals surface area contributed by atoms with E-state index in [4.69, 9.17) is 14.2 Å². The average molecular weight is 524 g/mol. The molecule has 39 heavy (non-hydrogen) atoms. The minimum absolute atomic E-state index is 0.0273. The lowest BCUT2D eigenvalue weighted by atomic mass is 10.1. The third-order valence-electron chi connectivity index (χ3n) is 7.53. The van der Waals surface area contributed by atoms with Crippen LogP contribution < -0.4 is 9.47 Å². The lowest BCUT2D eigenvalue weighted by Crippen LogP contribution is -2.37. The molecule has 7 heteroatoms. The van der Waals surface area contributed by atoms with Crippen LogP contribution >= 0.6 is 0 Å². The Balaban J connectivity index is 1.18. The normalized spacial score (nSPS) is 16.7. The first-order chi connectivity index (χ1) is 19.2. The lowest BCUT2D eigenvalue weighted by molar-refractivity contribution is 0.0507. The molecule has 7 nitrogen and oxygen atoms in total. The van der Waals surface area contributed by atoms with Crippen LogP contribution in [0.5, 0.6) is 11.5 Å². The summed E-state index contributed by atoms with van der Waals surface area (Å²) in [6.07, 6.45) is 7.52. The monoisotopic (exact) mass is 523 g/mol. The van der Waals surface area contributed by atoms with Crippen molar-refractivity contribution in [2.45, 2.75) is 44.4 Å². The molecule has 1 saturated heterocycles. The number of fused-ring (bicyclic) bond motifs is 1. The van der Waals surface area contributed by atoms with Gasteiger partial charge in [0.15, 0.2) is 11.5 Å². The smallest absolute Gasteiger partial charge is 0.254 e. The summed E-state index contributed by atoms with van der Waals surface area (Å²) in [6.45, 7) is 1.74. The quantitative estimate of drug-likeness (QED) is 0.300. The van der Waals surface area contributed by atoms with Crippen LogP contribution in [-0.4, -0.2) is 53.1 Å². The summed E-state index contributed by atoms with van der Waals surface area (Å²) < 4.78 is 19.8. The number of hydrogen-bond donors (Lipinski definition) is 0. The highest BCUT2D eigenvalue weighted by Gasteiger charge is 2.26. The molecule has 1 atom stereocenters. The van der Waals surface area contributed by atoms with E-state index in [-0.39, 0.29) is 18.1 Å². The van der Waals surface area contributed by atoms with Gasteiger partial charge in [0.05, 0.1) is 18.9 Å². The van der Waals surface area contributed by atoms with Gasteiger partial charge >= 0.3 is 0 Å². The number of nitrogens with zero attached hydrogens (tertiary/aromatic N) is 3. The number of hydrogen-bond acceptors (Lipinski definition) is 5. The highest BCUT2D eigenvalue weighted by molar-refractivity contribution is 5.94. The van der Waals surface area contributed by atoms with Crippen LogP contribution in [0.2, 0.25) is 0 Å². The Bertz CT molecular complexity index is 1390. The molecular weight excluding hydrogens is 490 g/mol. The van der Waals surface area contributed by atoms with Crippen LogP contribution in [0.3, 0.4) is 0 Å². The summed E-state index contributed by atoms with van der Waals surface area (Å²) in [7, 11) is 1.66. The third-order valence-corrected chi connectivity index (χ3v) is 7.53. The summed E-state index contributed by atoms with van der Waals surface area (Å²) >= 11 is 0. The minimum atomic E-state index is -0.0273. The predicted molar refractivity (Wildman–Crippen MR) is 149 cm³/mol. The molecule has 0 unspecified atom stereocenters. The fraction of sp³-hybridized carbons (Fsp3) is 0.312. The van der Waals surface area contributed by atoms with Gasteiger partial charge in [0, 0.05) is 50.5 Å². The van der Waals surface area contributed by atoms with E-state index in [9.17, 15) is 4.79 Å². The number of amides is 1. The molecule has 2 heterocycles. The molecule has 0 N–H and O–H groups in total. The Morgan fingerprint density at radius 3 is 2.49 bits per heavy atom. The van der Waals surface area contributed by atoms with E-state index in [0.717, 1.165) is 49.3 Å². The zero-order chi connectivity index (χ0) is 26.6. The van der Waals surface area contributed by atoms with Crippen molar-refractivity contribution in [3.8, 4) is 17.2 Å². The molecule has 0 spiro atoms. The van der Waals surface area contributed by atoms with Crippen molar-refractivity contribution < 1.29 is 19.0 Å². The maximum Gasteiger partial charge on any atom is 0.254 e. The van der Waals surface area contributed by atoms with Gasteiger partial charge in [-0.25, -0.2) is 4.68 Å². The van der Waals surface area contributed by atoms with E-state index in [1.54, 1.807) is 18.0 Å². The van der Waals surface area contributed by atoms with Crippen molar-refractivity contribution in [3.05, 3.63) is 107 Å². The second kappa shape index (κ2) is 11.3. The number of carbonyl (C=O) groups is 1. The van der Waals surface area contributed by atoms with Crippen molar-refractivity contribution in [2.75, 3.05) is 20.3 Å². The largest absolute Gasteiger partial charge is 0.493 e. The van der Waals surface area contributed by atoms with Crippen LogP contribution in [0.15, 0.2) is 85.2 Å². The number of benzene rings is 3. The Kier molecular flexibility index (Phi) is 7.32. The lowest BCUT2D eigenvalue weighted by Gasteiger charge is -2.26. The Hall–Kier alpha value is -4.10. The van der Waals surface area contributed by atoms with Gasteiger partial charge in [-0.3, -0.25) is 4.79 Å². The van der Waals surface area contributed by atoms with Gasteiger partial charge < -0.3 is 19.1 Å². The molecule has 3 aromatic carbocycles. The van der Waals surface area contributed by atoms with Crippen LogP contribution in [0.4, 0.5) is 0 Å². The maximum atomic E-state index is 13.7. The second-order valence-electron chi connectivity index (χ2n) is 10.2. The Morgan fingerprint density at radius 1 is 1.03 bits per heavy atom. The number of methoxy groups -OCH3 is 1. The van der Waals surface area contributed by atoms with Crippen molar-refractivity contribution in [1.82, 2.24) is 14.7 Å². The number of ether oxygens (including phenoxy) is 3. The van der Waals surface area contributed by atoms with Gasteiger partial charge in [-0.1, -0.05) is 30.3 Å². The summed E-state index contributed by atoms with van der Waals surface area (Å²) in [6, 6.07) is 23.9. The molecule has 0 radical (unpaired) electrons. The summed E-state index contributed by atoms with van der Waals surface area (Å²) in [4.78, 5) is 15.6. The van der Waals surface area contributed by atoms with Crippen molar-refractivity contribution in [3.63, 3.8) is 0 Å². The molecule has 1 aliphatic heterocycles.